The van der Waals surface area contributed by atoms with Crippen molar-refractivity contribution in [3.8, 4) is 0 Å². The highest BCUT2D eigenvalue weighted by Crippen LogP contribution is 2.17. The average molecular weight is 461 g/mol. The van der Waals surface area contributed by atoms with E-state index in [0.29, 0.717) is 13.1 Å². The number of halogens is 1. The average Bonchev–Trinajstić information content (AvgIpc) is 2.72. The molecule has 1 heterocycles. The first-order valence-electron chi connectivity index (χ1n) is 8.90. The van der Waals surface area contributed by atoms with E-state index in [4.69, 9.17) is 0 Å². The van der Waals surface area contributed by atoms with Gasteiger partial charge < -0.3 is 4.90 Å². The third-order valence-electron chi connectivity index (χ3n) is 4.45. The van der Waals surface area contributed by atoms with Gasteiger partial charge in [0.2, 0.25) is 15.9 Å². The van der Waals surface area contributed by atoms with Gasteiger partial charge in [-0.15, -0.1) is 0 Å². The molecule has 1 aliphatic heterocycles. The number of amides is 1. The van der Waals surface area contributed by atoms with Gasteiger partial charge in [-0.1, -0.05) is 64.5 Å². The van der Waals surface area contributed by atoms with Crippen molar-refractivity contribution >= 4 is 44.0 Å². The van der Waals surface area contributed by atoms with Gasteiger partial charge in [0.05, 0.1) is 0 Å². The zero-order chi connectivity index (χ0) is 20.0. The summed E-state index contributed by atoms with van der Waals surface area (Å²) >= 11 is 3.45. The van der Waals surface area contributed by atoms with E-state index in [1.807, 2.05) is 54.6 Å². The van der Waals surface area contributed by atoms with Crippen molar-refractivity contribution < 1.29 is 13.2 Å². The van der Waals surface area contributed by atoms with Crippen LogP contribution in [0.25, 0.3) is 12.2 Å². The maximum atomic E-state index is 12.5. The number of rotatable bonds is 5. The molecule has 146 valence electrons. The SMILES string of the molecule is O=C(C=Cc1ccccc1Br)N1CCN(S(=O)(=O)C=Cc2ccccc2)CC1. The van der Waals surface area contributed by atoms with Crippen molar-refractivity contribution in [1.29, 1.82) is 0 Å². The molecule has 7 heteroatoms. The molecular formula is C21H21BrN2O3S. The van der Waals surface area contributed by atoms with Gasteiger partial charge in [-0.05, 0) is 29.3 Å². The Hall–Kier alpha value is -2.22. The molecule has 0 aliphatic carbocycles. The third kappa shape index (κ3) is 5.41. The van der Waals surface area contributed by atoms with E-state index >= 15 is 0 Å². The van der Waals surface area contributed by atoms with E-state index in [9.17, 15) is 13.2 Å². The molecule has 1 aliphatic rings. The first-order chi connectivity index (χ1) is 13.5. The van der Waals surface area contributed by atoms with Crippen molar-refractivity contribution in [2.24, 2.45) is 0 Å². The molecule has 0 bridgehead atoms. The molecule has 3 rings (SSSR count). The number of benzene rings is 2. The molecule has 2 aromatic rings. The molecule has 0 spiro atoms. The van der Waals surface area contributed by atoms with Gasteiger partial charge in [0.15, 0.2) is 0 Å². The van der Waals surface area contributed by atoms with Crippen LogP contribution in [0.5, 0.6) is 0 Å². The second-order valence-corrected chi connectivity index (χ2v) is 9.01. The van der Waals surface area contributed by atoms with Crippen LogP contribution in [0.15, 0.2) is 70.6 Å². The fraction of sp³-hybridized carbons (Fsp3) is 0.190. The summed E-state index contributed by atoms with van der Waals surface area (Å²) in [5.74, 6) is -0.118. The summed E-state index contributed by atoms with van der Waals surface area (Å²) < 4.78 is 27.3. The predicted octanol–water partition coefficient (Wildman–Crippen LogP) is 3.61. The Kier molecular flexibility index (Phi) is 6.83. The molecule has 0 N–H and O–H groups in total. The van der Waals surface area contributed by atoms with Crippen LogP contribution in [0.1, 0.15) is 11.1 Å². The normalized spacial score (nSPS) is 16.1. The molecule has 0 radical (unpaired) electrons. The molecular weight excluding hydrogens is 440 g/mol. The Morgan fingerprint density at radius 3 is 2.21 bits per heavy atom. The fourth-order valence-electron chi connectivity index (χ4n) is 2.85. The number of nitrogens with zero attached hydrogens (tertiary/aromatic N) is 2. The van der Waals surface area contributed by atoms with Crippen LogP contribution in [0.2, 0.25) is 0 Å². The quantitative estimate of drug-likeness (QED) is 0.640. The van der Waals surface area contributed by atoms with Crippen molar-refractivity contribution in [2.75, 3.05) is 26.2 Å². The molecule has 1 amide bonds. The van der Waals surface area contributed by atoms with Crippen LogP contribution in [0, 0.1) is 0 Å². The van der Waals surface area contributed by atoms with Crippen LogP contribution in [0.4, 0.5) is 0 Å². The zero-order valence-electron chi connectivity index (χ0n) is 15.2. The molecule has 2 aromatic carbocycles. The summed E-state index contributed by atoms with van der Waals surface area (Å²) in [6.07, 6.45) is 4.88. The van der Waals surface area contributed by atoms with Crippen LogP contribution in [0.3, 0.4) is 0 Å². The lowest BCUT2D eigenvalue weighted by atomic mass is 10.2. The van der Waals surface area contributed by atoms with Crippen LogP contribution in [-0.4, -0.2) is 49.7 Å². The topological polar surface area (TPSA) is 57.7 Å². The standard InChI is InChI=1S/C21H21BrN2O3S/c22-20-9-5-4-8-19(20)10-11-21(25)23-13-15-24(16-14-23)28(26,27)17-12-18-6-2-1-3-7-18/h1-12,17H,13-16H2. The number of hydrogen-bond donors (Lipinski definition) is 0. The number of carbonyl (C=O) groups is 1. The van der Waals surface area contributed by atoms with Gasteiger partial charge in [-0.25, -0.2) is 8.42 Å². The van der Waals surface area contributed by atoms with Crippen molar-refractivity contribution in [2.45, 2.75) is 0 Å². The molecule has 1 fully saturated rings. The minimum atomic E-state index is -3.50. The molecule has 0 aromatic heterocycles. The van der Waals surface area contributed by atoms with E-state index in [1.54, 1.807) is 17.1 Å². The zero-order valence-corrected chi connectivity index (χ0v) is 17.6. The molecule has 0 atom stereocenters. The van der Waals surface area contributed by atoms with E-state index in [0.717, 1.165) is 15.6 Å². The Labute approximate surface area is 174 Å². The first-order valence-corrected chi connectivity index (χ1v) is 11.2. The maximum Gasteiger partial charge on any atom is 0.246 e. The first kappa shape index (κ1) is 20.5. The summed E-state index contributed by atoms with van der Waals surface area (Å²) in [6, 6.07) is 16.9. The van der Waals surface area contributed by atoms with E-state index in [-0.39, 0.29) is 19.0 Å². The molecule has 0 saturated carbocycles. The van der Waals surface area contributed by atoms with E-state index in [2.05, 4.69) is 15.9 Å². The van der Waals surface area contributed by atoms with Gasteiger partial charge in [-0.2, -0.15) is 4.31 Å². The van der Waals surface area contributed by atoms with E-state index < -0.39 is 10.0 Å². The second kappa shape index (κ2) is 9.32. The molecule has 28 heavy (non-hydrogen) atoms. The van der Waals surface area contributed by atoms with E-state index in [1.165, 1.54) is 15.8 Å². The lowest BCUT2D eigenvalue weighted by molar-refractivity contribution is -0.127. The van der Waals surface area contributed by atoms with Gasteiger partial charge >= 0.3 is 0 Å². The van der Waals surface area contributed by atoms with Gasteiger partial charge in [0.25, 0.3) is 0 Å². The van der Waals surface area contributed by atoms with Crippen LogP contribution >= 0.6 is 15.9 Å². The highest BCUT2D eigenvalue weighted by molar-refractivity contribution is 9.10. The minimum absolute atomic E-state index is 0.118. The van der Waals surface area contributed by atoms with Crippen molar-refractivity contribution in [3.63, 3.8) is 0 Å². The number of carbonyl (C=O) groups excluding carboxylic acids is 1. The molecule has 1 saturated heterocycles. The largest absolute Gasteiger partial charge is 0.337 e. The molecule has 5 nitrogen and oxygen atoms in total. The van der Waals surface area contributed by atoms with Crippen LogP contribution < -0.4 is 0 Å². The Morgan fingerprint density at radius 2 is 1.54 bits per heavy atom. The summed E-state index contributed by atoms with van der Waals surface area (Å²) in [7, 11) is -3.50. The van der Waals surface area contributed by atoms with Gasteiger partial charge in [0, 0.05) is 42.1 Å². The summed E-state index contributed by atoms with van der Waals surface area (Å²) in [5.41, 5.74) is 1.75. The van der Waals surface area contributed by atoms with Crippen LogP contribution in [-0.2, 0) is 14.8 Å². The lowest BCUT2D eigenvalue weighted by Crippen LogP contribution is -2.49. The summed E-state index contributed by atoms with van der Waals surface area (Å²) in [6.45, 7) is 1.32. The third-order valence-corrected chi connectivity index (χ3v) is 6.74. The van der Waals surface area contributed by atoms with Crippen molar-refractivity contribution in [1.82, 2.24) is 9.21 Å². The Bertz CT molecular complexity index is 980. The Morgan fingerprint density at radius 1 is 0.893 bits per heavy atom. The number of sulfonamides is 1. The summed E-state index contributed by atoms with van der Waals surface area (Å²) in [5, 5.41) is 1.23. The molecule has 0 unspecified atom stereocenters. The summed E-state index contributed by atoms with van der Waals surface area (Å²) in [4.78, 5) is 14.1. The number of hydrogen-bond acceptors (Lipinski definition) is 3. The fourth-order valence-corrected chi connectivity index (χ4v) is 4.44. The minimum Gasteiger partial charge on any atom is -0.337 e. The monoisotopic (exact) mass is 460 g/mol. The Balaban J connectivity index is 1.57. The van der Waals surface area contributed by atoms with Gasteiger partial charge in [-0.3, -0.25) is 4.79 Å². The maximum absolute atomic E-state index is 12.5. The number of piperazine rings is 1. The van der Waals surface area contributed by atoms with Crippen molar-refractivity contribution in [3.05, 3.63) is 81.7 Å². The van der Waals surface area contributed by atoms with Gasteiger partial charge in [0.1, 0.15) is 0 Å². The smallest absolute Gasteiger partial charge is 0.246 e. The second-order valence-electron chi connectivity index (χ2n) is 6.34. The predicted molar refractivity (Wildman–Crippen MR) is 116 cm³/mol. The lowest BCUT2D eigenvalue weighted by Gasteiger charge is -2.32. The highest BCUT2D eigenvalue weighted by atomic mass is 79.9. The highest BCUT2D eigenvalue weighted by Gasteiger charge is 2.26.